The van der Waals surface area contributed by atoms with Gasteiger partial charge in [-0.3, -0.25) is 0 Å². The predicted octanol–water partition coefficient (Wildman–Crippen LogP) is 9.10. The van der Waals surface area contributed by atoms with Crippen LogP contribution in [-0.2, 0) is 19.1 Å². The van der Waals surface area contributed by atoms with Crippen molar-refractivity contribution in [3.63, 3.8) is 0 Å². The molecule has 0 aromatic heterocycles. The molecule has 0 aliphatic carbocycles. The van der Waals surface area contributed by atoms with Crippen LogP contribution in [-0.4, -0.2) is 37.5 Å². The van der Waals surface area contributed by atoms with Crippen LogP contribution in [0.25, 0.3) is 0 Å². The van der Waals surface area contributed by atoms with E-state index in [1.165, 1.54) is 72.8 Å². The van der Waals surface area contributed by atoms with Crippen molar-refractivity contribution in [2.24, 2.45) is 0 Å². The highest BCUT2D eigenvalue weighted by atomic mass is 16.7. The number of benzene rings is 3. The second kappa shape index (κ2) is 27.2. The molecule has 0 N–H and O–H groups in total. The number of esters is 4. The van der Waals surface area contributed by atoms with Gasteiger partial charge in [-0.2, -0.15) is 0 Å². The SMILES string of the molecule is C.C.C.C.C.C.C=CC(=O)OCOc1ccc(C(=O)Oc2ccc(OC(=O)c3ccc(OCOC(=O)C=C)cc3)cc2)cc1.CC. The van der Waals surface area contributed by atoms with Gasteiger partial charge in [-0.1, -0.05) is 71.6 Å². The van der Waals surface area contributed by atoms with Crippen molar-refractivity contribution in [1.82, 2.24) is 0 Å². The molecule has 0 spiro atoms. The van der Waals surface area contributed by atoms with Crippen LogP contribution in [0, 0.1) is 0 Å². The third-order valence-corrected chi connectivity index (χ3v) is 4.61. The highest BCUT2D eigenvalue weighted by Crippen LogP contribution is 2.21. The summed E-state index contributed by atoms with van der Waals surface area (Å²) in [6.07, 6.45) is 2.04. The van der Waals surface area contributed by atoms with E-state index in [4.69, 9.17) is 28.4 Å². The Morgan fingerprint density at radius 1 is 0.500 bits per heavy atom. The van der Waals surface area contributed by atoms with Gasteiger partial charge in [0.25, 0.3) is 0 Å². The lowest BCUT2D eigenvalue weighted by Crippen LogP contribution is -2.10. The second-order valence-corrected chi connectivity index (χ2v) is 7.16. The van der Waals surface area contributed by atoms with Crippen molar-refractivity contribution < 1.29 is 47.6 Å². The van der Waals surface area contributed by atoms with E-state index in [9.17, 15) is 19.2 Å². The molecule has 0 radical (unpaired) electrons. The first-order chi connectivity index (χ1) is 19.4. The topological polar surface area (TPSA) is 124 Å². The van der Waals surface area contributed by atoms with Gasteiger partial charge >= 0.3 is 23.9 Å². The molecule has 10 nitrogen and oxygen atoms in total. The molecule has 0 fully saturated rings. The van der Waals surface area contributed by atoms with Crippen LogP contribution in [0.3, 0.4) is 0 Å². The van der Waals surface area contributed by atoms with E-state index in [1.54, 1.807) is 0 Å². The molecule has 0 aliphatic rings. The first kappa shape index (κ1) is 50.3. The Kier molecular flexibility index (Phi) is 29.7. The van der Waals surface area contributed by atoms with Crippen LogP contribution in [0.15, 0.2) is 98.1 Å². The Morgan fingerprint density at radius 3 is 1.02 bits per heavy atom. The molecule has 0 unspecified atom stereocenters. The van der Waals surface area contributed by atoms with Crippen LogP contribution in [0.1, 0.15) is 79.1 Å². The molecule has 256 valence electrons. The number of hydrogen-bond acceptors (Lipinski definition) is 10. The van der Waals surface area contributed by atoms with Gasteiger partial charge in [-0.15, -0.1) is 0 Å². The number of carbonyl (C=O) groups is 4. The molecule has 10 heteroatoms. The van der Waals surface area contributed by atoms with Gasteiger partial charge in [0.2, 0.25) is 13.6 Å². The highest BCUT2D eigenvalue weighted by molar-refractivity contribution is 5.92. The zero-order valence-electron chi connectivity index (χ0n) is 22.0. The van der Waals surface area contributed by atoms with Crippen molar-refractivity contribution in [3.05, 3.63) is 109 Å². The summed E-state index contributed by atoms with van der Waals surface area (Å²) in [7, 11) is 0. The minimum atomic E-state index is -0.614. The Bertz CT molecular complexity index is 1190. The summed E-state index contributed by atoms with van der Waals surface area (Å²) in [5, 5.41) is 0. The monoisotopic (exact) mass is 644 g/mol. The fourth-order valence-corrected chi connectivity index (χ4v) is 2.71. The molecule has 0 saturated heterocycles. The summed E-state index contributed by atoms with van der Waals surface area (Å²) in [5.41, 5.74) is 0.532. The second-order valence-electron chi connectivity index (χ2n) is 7.16. The lowest BCUT2D eigenvalue weighted by Gasteiger charge is -2.09. The standard InChI is InChI=1S/C28H22O10.C2H6.6CH4/c1-3-25(29)35-17-33-21-9-5-19(6-10-21)27(31)37-23-13-15-24(16-14-23)38-28(32)20-7-11-22(12-8-20)34-18-36-26(30)4-2;1-2;;;;;;/h3-16H,1-2,17-18H2;1-2H3;6*1H4. The number of carbonyl (C=O) groups excluding carboxylic acids is 4. The fourth-order valence-electron chi connectivity index (χ4n) is 2.71. The molecule has 46 heavy (non-hydrogen) atoms. The molecule has 0 heterocycles. The molecule has 0 aliphatic heterocycles. The van der Waals surface area contributed by atoms with Gasteiger partial charge < -0.3 is 28.4 Å². The third kappa shape index (κ3) is 17.0. The van der Waals surface area contributed by atoms with Gasteiger partial charge in [-0.25, -0.2) is 19.2 Å². The molecular weight excluding hydrogens is 592 g/mol. The van der Waals surface area contributed by atoms with Crippen LogP contribution >= 0.6 is 0 Å². The Hall–Kier alpha value is -5.38. The maximum Gasteiger partial charge on any atom is 0.343 e. The third-order valence-electron chi connectivity index (χ3n) is 4.61. The molecule has 0 saturated carbocycles. The molecule has 0 amide bonds. The van der Waals surface area contributed by atoms with E-state index in [1.807, 2.05) is 13.8 Å². The normalized spacial score (nSPS) is 8.30. The number of ether oxygens (including phenoxy) is 6. The summed E-state index contributed by atoms with van der Waals surface area (Å²) in [6, 6.07) is 18.0. The molecule has 3 aromatic rings. The minimum absolute atomic E-state index is 0. The van der Waals surface area contributed by atoms with E-state index >= 15 is 0 Å². The first-order valence-electron chi connectivity index (χ1n) is 12.0. The van der Waals surface area contributed by atoms with Crippen molar-refractivity contribution in [2.75, 3.05) is 13.6 Å². The maximum atomic E-state index is 12.4. The van der Waals surface area contributed by atoms with E-state index in [2.05, 4.69) is 13.2 Å². The Morgan fingerprint density at radius 2 is 0.761 bits per heavy atom. The van der Waals surface area contributed by atoms with E-state index < -0.39 is 23.9 Å². The molecular formula is C36H52O10. The summed E-state index contributed by atoms with van der Waals surface area (Å²) < 4.78 is 30.5. The Labute approximate surface area is 275 Å². The van der Waals surface area contributed by atoms with Crippen LogP contribution in [0.4, 0.5) is 0 Å². The van der Waals surface area contributed by atoms with E-state index in [-0.39, 0.29) is 80.8 Å². The molecule has 0 atom stereocenters. The molecule has 3 rings (SSSR count). The maximum absolute atomic E-state index is 12.4. The van der Waals surface area contributed by atoms with E-state index in [0.29, 0.717) is 11.5 Å². The van der Waals surface area contributed by atoms with Gasteiger partial charge in [0, 0.05) is 12.2 Å². The van der Waals surface area contributed by atoms with Crippen LogP contribution < -0.4 is 18.9 Å². The van der Waals surface area contributed by atoms with Gasteiger partial charge in [0.1, 0.15) is 23.0 Å². The van der Waals surface area contributed by atoms with Crippen molar-refractivity contribution in [1.29, 1.82) is 0 Å². The summed E-state index contributed by atoms with van der Waals surface area (Å²) in [5.74, 6) is -1.19. The smallest absolute Gasteiger partial charge is 0.343 e. The van der Waals surface area contributed by atoms with Crippen LogP contribution in [0.5, 0.6) is 23.0 Å². The van der Waals surface area contributed by atoms with Gasteiger partial charge in [-0.05, 0) is 72.8 Å². The molecule has 3 aromatic carbocycles. The highest BCUT2D eigenvalue weighted by Gasteiger charge is 2.12. The number of rotatable bonds is 12. The van der Waals surface area contributed by atoms with Crippen molar-refractivity contribution in [2.45, 2.75) is 58.4 Å². The predicted molar refractivity (Wildman–Crippen MR) is 185 cm³/mol. The average Bonchev–Trinajstić information content (AvgIpc) is 2.99. The van der Waals surface area contributed by atoms with Crippen molar-refractivity contribution in [3.8, 4) is 23.0 Å². The average molecular weight is 645 g/mol. The zero-order chi connectivity index (χ0) is 29.3. The number of hydrogen-bond donors (Lipinski definition) is 0. The van der Waals surface area contributed by atoms with Gasteiger partial charge in [0.15, 0.2) is 0 Å². The Balaban J connectivity index is -0.000000686. The lowest BCUT2D eigenvalue weighted by atomic mass is 10.2. The largest absolute Gasteiger partial charge is 0.457 e. The zero-order valence-corrected chi connectivity index (χ0v) is 22.0. The lowest BCUT2D eigenvalue weighted by molar-refractivity contribution is -0.145. The first-order valence-corrected chi connectivity index (χ1v) is 12.0. The van der Waals surface area contributed by atoms with Crippen LogP contribution in [0.2, 0.25) is 0 Å². The van der Waals surface area contributed by atoms with Gasteiger partial charge in [0.05, 0.1) is 11.1 Å². The minimum Gasteiger partial charge on any atom is -0.457 e. The van der Waals surface area contributed by atoms with E-state index in [0.717, 1.165) is 12.2 Å². The summed E-state index contributed by atoms with van der Waals surface area (Å²) >= 11 is 0. The fraction of sp³-hybridized carbons (Fsp3) is 0.278. The quantitative estimate of drug-likeness (QED) is 0.0816. The van der Waals surface area contributed by atoms with Crippen molar-refractivity contribution >= 4 is 23.9 Å². The summed E-state index contributed by atoms with van der Waals surface area (Å²) in [6.45, 7) is 9.97. The molecule has 0 bridgehead atoms. The summed E-state index contributed by atoms with van der Waals surface area (Å²) in [4.78, 5) is 46.8.